The molecule has 0 spiro atoms. The molecule has 0 heterocycles. The van der Waals surface area contributed by atoms with Gasteiger partial charge in [0, 0.05) is 6.54 Å². The molecule has 0 aliphatic heterocycles. The average Bonchev–Trinajstić information content (AvgIpc) is 2.27. The van der Waals surface area contributed by atoms with Crippen molar-refractivity contribution in [3.05, 3.63) is 28.3 Å². The maximum atomic E-state index is 12.4. The number of nitrogens with zero attached hydrogens (tertiary/aromatic N) is 2. The highest BCUT2D eigenvalue weighted by Crippen LogP contribution is 2.33. The van der Waals surface area contributed by atoms with E-state index in [-0.39, 0.29) is 17.9 Å². The van der Waals surface area contributed by atoms with E-state index in [0.717, 1.165) is 4.90 Å². The predicted octanol–water partition coefficient (Wildman–Crippen LogP) is 1.24. The SMILES string of the molecule is Nc1cccc(N(CCO)CC(F)F)c1[N+](=O)[O-]. The maximum Gasteiger partial charge on any atom is 0.315 e. The van der Waals surface area contributed by atoms with E-state index in [1.165, 1.54) is 18.2 Å². The Morgan fingerprint density at radius 3 is 2.67 bits per heavy atom. The fourth-order valence-electron chi connectivity index (χ4n) is 1.60. The first-order valence-electron chi connectivity index (χ1n) is 5.14. The Hall–Kier alpha value is -1.96. The molecule has 0 fully saturated rings. The van der Waals surface area contributed by atoms with Crippen LogP contribution in [-0.4, -0.2) is 36.2 Å². The van der Waals surface area contributed by atoms with Crippen molar-refractivity contribution in [3.63, 3.8) is 0 Å². The lowest BCUT2D eigenvalue weighted by Gasteiger charge is -2.23. The van der Waals surface area contributed by atoms with E-state index in [1.54, 1.807) is 0 Å². The number of nitrogens with two attached hydrogens (primary N) is 1. The number of para-hydroxylation sites is 1. The van der Waals surface area contributed by atoms with Gasteiger partial charge in [-0.05, 0) is 12.1 Å². The number of aliphatic hydroxyl groups is 1. The number of benzene rings is 1. The predicted molar refractivity (Wildman–Crippen MR) is 62.8 cm³/mol. The molecule has 1 aromatic rings. The molecule has 0 atom stereocenters. The van der Waals surface area contributed by atoms with Crippen LogP contribution in [0.25, 0.3) is 0 Å². The molecule has 0 saturated heterocycles. The van der Waals surface area contributed by atoms with Gasteiger partial charge < -0.3 is 15.7 Å². The number of nitro groups is 1. The van der Waals surface area contributed by atoms with Crippen molar-refractivity contribution in [2.24, 2.45) is 0 Å². The van der Waals surface area contributed by atoms with Gasteiger partial charge in [0.15, 0.2) is 0 Å². The first-order chi connectivity index (χ1) is 8.47. The van der Waals surface area contributed by atoms with Crippen LogP contribution in [0.3, 0.4) is 0 Å². The summed E-state index contributed by atoms with van der Waals surface area (Å²) in [5, 5.41) is 19.7. The summed E-state index contributed by atoms with van der Waals surface area (Å²) in [6, 6.07) is 4.08. The van der Waals surface area contributed by atoms with Gasteiger partial charge in [-0.15, -0.1) is 0 Å². The van der Waals surface area contributed by atoms with Gasteiger partial charge in [0.1, 0.15) is 11.4 Å². The Kier molecular flexibility index (Phi) is 4.78. The van der Waals surface area contributed by atoms with Crippen molar-refractivity contribution in [1.29, 1.82) is 0 Å². The molecule has 0 amide bonds. The first kappa shape index (κ1) is 14.1. The molecule has 0 radical (unpaired) electrons. The van der Waals surface area contributed by atoms with Crippen molar-refractivity contribution in [2.75, 3.05) is 30.3 Å². The number of rotatable bonds is 6. The lowest BCUT2D eigenvalue weighted by atomic mass is 10.2. The van der Waals surface area contributed by atoms with Gasteiger partial charge in [-0.25, -0.2) is 8.78 Å². The number of anilines is 2. The van der Waals surface area contributed by atoms with E-state index in [2.05, 4.69) is 0 Å². The molecule has 0 bridgehead atoms. The Bertz CT molecular complexity index is 429. The first-order valence-corrected chi connectivity index (χ1v) is 5.14. The van der Waals surface area contributed by atoms with Crippen LogP contribution in [0.4, 0.5) is 25.8 Å². The molecule has 0 aliphatic rings. The second-order valence-corrected chi connectivity index (χ2v) is 3.53. The van der Waals surface area contributed by atoms with Crippen molar-refractivity contribution in [1.82, 2.24) is 0 Å². The number of nitrogen functional groups attached to an aromatic ring is 1. The third-order valence-corrected chi connectivity index (χ3v) is 2.30. The number of nitro benzene ring substituents is 1. The molecule has 1 rings (SSSR count). The lowest BCUT2D eigenvalue weighted by molar-refractivity contribution is -0.383. The van der Waals surface area contributed by atoms with Crippen LogP contribution in [-0.2, 0) is 0 Å². The third-order valence-electron chi connectivity index (χ3n) is 2.30. The molecule has 0 aliphatic carbocycles. The van der Waals surface area contributed by atoms with Gasteiger partial charge in [0.25, 0.3) is 6.43 Å². The van der Waals surface area contributed by atoms with E-state index in [0.29, 0.717) is 0 Å². The Balaban J connectivity index is 3.18. The summed E-state index contributed by atoms with van der Waals surface area (Å²) < 4.78 is 24.8. The van der Waals surface area contributed by atoms with Crippen LogP contribution in [0, 0.1) is 10.1 Å². The topological polar surface area (TPSA) is 92.6 Å². The van der Waals surface area contributed by atoms with Gasteiger partial charge in [-0.1, -0.05) is 6.07 Å². The average molecular weight is 261 g/mol. The second-order valence-electron chi connectivity index (χ2n) is 3.53. The van der Waals surface area contributed by atoms with E-state index >= 15 is 0 Å². The molecule has 1 aromatic carbocycles. The van der Waals surface area contributed by atoms with Gasteiger partial charge in [0.2, 0.25) is 0 Å². The summed E-state index contributed by atoms with van der Waals surface area (Å²) in [6.07, 6.45) is -2.67. The van der Waals surface area contributed by atoms with E-state index in [1.807, 2.05) is 0 Å². The zero-order valence-electron chi connectivity index (χ0n) is 9.42. The Morgan fingerprint density at radius 1 is 1.50 bits per heavy atom. The van der Waals surface area contributed by atoms with Crippen molar-refractivity contribution < 1.29 is 18.8 Å². The largest absolute Gasteiger partial charge is 0.395 e. The molecule has 0 unspecified atom stereocenters. The van der Waals surface area contributed by atoms with Crippen LogP contribution in [0.5, 0.6) is 0 Å². The van der Waals surface area contributed by atoms with Gasteiger partial charge in [-0.3, -0.25) is 10.1 Å². The number of alkyl halides is 2. The second kappa shape index (κ2) is 6.10. The fourth-order valence-corrected chi connectivity index (χ4v) is 1.60. The summed E-state index contributed by atoms with van der Waals surface area (Å²) in [4.78, 5) is 11.2. The van der Waals surface area contributed by atoms with Gasteiger partial charge in [-0.2, -0.15) is 0 Å². The van der Waals surface area contributed by atoms with E-state index in [9.17, 15) is 18.9 Å². The summed E-state index contributed by atoms with van der Waals surface area (Å²) in [5.41, 5.74) is 4.92. The molecule has 0 saturated carbocycles. The smallest absolute Gasteiger partial charge is 0.315 e. The number of hydrogen-bond acceptors (Lipinski definition) is 5. The molecule has 6 nitrogen and oxygen atoms in total. The molecule has 100 valence electrons. The normalized spacial score (nSPS) is 10.7. The summed E-state index contributed by atoms with van der Waals surface area (Å²) in [5.74, 6) is 0. The molecule has 3 N–H and O–H groups in total. The molecule has 18 heavy (non-hydrogen) atoms. The Morgan fingerprint density at radius 2 is 2.17 bits per heavy atom. The zero-order valence-corrected chi connectivity index (χ0v) is 9.42. The van der Waals surface area contributed by atoms with E-state index < -0.39 is 30.2 Å². The van der Waals surface area contributed by atoms with Crippen LogP contribution < -0.4 is 10.6 Å². The lowest BCUT2D eigenvalue weighted by Crippen LogP contribution is -2.32. The molecular weight excluding hydrogens is 248 g/mol. The minimum absolute atomic E-state index is 0.0191. The zero-order chi connectivity index (χ0) is 13.7. The van der Waals surface area contributed by atoms with Crippen LogP contribution in [0.2, 0.25) is 0 Å². The van der Waals surface area contributed by atoms with Crippen LogP contribution in [0.15, 0.2) is 18.2 Å². The van der Waals surface area contributed by atoms with Crippen molar-refractivity contribution >= 4 is 17.1 Å². The van der Waals surface area contributed by atoms with Gasteiger partial charge >= 0.3 is 5.69 Å². The van der Waals surface area contributed by atoms with Crippen LogP contribution >= 0.6 is 0 Å². The minimum atomic E-state index is -2.67. The monoisotopic (exact) mass is 261 g/mol. The highest BCUT2D eigenvalue weighted by Gasteiger charge is 2.24. The minimum Gasteiger partial charge on any atom is -0.395 e. The standard InChI is InChI=1S/C10H13F2N3O3/c11-9(12)6-14(4-5-16)8-3-1-2-7(13)10(8)15(17)18/h1-3,9,16H,4-6,13H2. The fraction of sp³-hybridized carbons (Fsp3) is 0.400. The number of aliphatic hydroxyl groups excluding tert-OH is 1. The van der Waals surface area contributed by atoms with Crippen LogP contribution in [0.1, 0.15) is 0 Å². The quantitative estimate of drug-likeness (QED) is 0.456. The summed E-state index contributed by atoms with van der Waals surface area (Å²) in [6.45, 7) is -1.22. The highest BCUT2D eigenvalue weighted by atomic mass is 19.3. The maximum absolute atomic E-state index is 12.4. The van der Waals surface area contributed by atoms with Crippen molar-refractivity contribution in [3.8, 4) is 0 Å². The molecule has 8 heteroatoms. The van der Waals surface area contributed by atoms with E-state index in [4.69, 9.17) is 10.8 Å². The Labute approximate surface area is 102 Å². The molecule has 0 aromatic heterocycles. The van der Waals surface area contributed by atoms with Gasteiger partial charge in [0.05, 0.1) is 18.1 Å². The number of hydrogen-bond donors (Lipinski definition) is 2. The summed E-state index contributed by atoms with van der Waals surface area (Å²) in [7, 11) is 0. The third kappa shape index (κ3) is 3.27. The molecular formula is C10H13F2N3O3. The van der Waals surface area contributed by atoms with Crippen molar-refractivity contribution in [2.45, 2.75) is 6.43 Å². The number of halogens is 2. The summed E-state index contributed by atoms with van der Waals surface area (Å²) >= 11 is 0. The highest BCUT2D eigenvalue weighted by molar-refractivity contribution is 5.75.